The Hall–Kier alpha value is -3.04. The van der Waals surface area contributed by atoms with E-state index in [0.717, 1.165) is 21.3 Å². The van der Waals surface area contributed by atoms with Gasteiger partial charge in [-0.3, -0.25) is 4.79 Å². The maximum Gasteiger partial charge on any atom is 0.279 e. The first-order valence-electron chi connectivity index (χ1n) is 8.59. The molecule has 2 heterocycles. The number of aryl methyl sites for hydroxylation is 2. The predicted octanol–water partition coefficient (Wildman–Crippen LogP) is 3.47. The smallest absolute Gasteiger partial charge is 0.279 e. The number of carbonyl (C=O) groups excluding carboxylic acids is 1. The van der Waals surface area contributed by atoms with Gasteiger partial charge < -0.3 is 14.0 Å². The first-order chi connectivity index (χ1) is 13.1. The number of terminal acetylenes is 1. The Kier molecular flexibility index (Phi) is 4.46. The molecule has 5 nitrogen and oxygen atoms in total. The molecule has 0 N–H and O–H groups in total. The lowest BCUT2D eigenvalue weighted by Gasteiger charge is -2.18. The molecule has 0 saturated carbocycles. The summed E-state index contributed by atoms with van der Waals surface area (Å²) < 4.78 is 14.1. The average Bonchev–Trinajstić information content (AvgIpc) is 2.96. The average molecular weight is 378 g/mol. The van der Waals surface area contributed by atoms with E-state index < -0.39 is 0 Å². The van der Waals surface area contributed by atoms with Crippen LogP contribution in [0.3, 0.4) is 0 Å². The molecule has 0 atom stereocenters. The summed E-state index contributed by atoms with van der Waals surface area (Å²) in [4.78, 5) is 17.7. The lowest BCUT2D eigenvalue weighted by molar-refractivity contribution is 0.0997. The Morgan fingerprint density at radius 3 is 2.67 bits per heavy atom. The number of aromatic nitrogens is 1. The highest BCUT2D eigenvalue weighted by Gasteiger charge is 2.17. The Labute approximate surface area is 160 Å². The van der Waals surface area contributed by atoms with E-state index in [9.17, 15) is 4.79 Å². The maximum absolute atomic E-state index is 12.8. The van der Waals surface area contributed by atoms with Crippen molar-refractivity contribution in [3.8, 4) is 23.8 Å². The molecule has 0 saturated heterocycles. The summed E-state index contributed by atoms with van der Waals surface area (Å²) in [6, 6.07) is 9.53. The number of thiazole rings is 1. The number of benzene rings is 2. The highest BCUT2D eigenvalue weighted by Crippen LogP contribution is 2.35. The van der Waals surface area contributed by atoms with E-state index in [1.54, 1.807) is 0 Å². The van der Waals surface area contributed by atoms with E-state index in [1.807, 2.05) is 48.7 Å². The van der Waals surface area contributed by atoms with Gasteiger partial charge in [0.15, 0.2) is 16.3 Å². The topological polar surface area (TPSA) is 52.8 Å². The van der Waals surface area contributed by atoms with Crippen molar-refractivity contribution in [2.45, 2.75) is 20.4 Å². The predicted molar refractivity (Wildman–Crippen MR) is 105 cm³/mol. The number of hydrogen-bond donors (Lipinski definition) is 0. The molecule has 1 aliphatic heterocycles. The number of fused-ring (bicyclic) bond motifs is 2. The zero-order chi connectivity index (χ0) is 19.0. The molecule has 2 aromatic carbocycles. The second-order valence-electron chi connectivity index (χ2n) is 6.37. The Morgan fingerprint density at radius 2 is 1.96 bits per heavy atom. The van der Waals surface area contributed by atoms with Crippen LogP contribution in [-0.2, 0) is 6.54 Å². The second kappa shape index (κ2) is 6.93. The van der Waals surface area contributed by atoms with E-state index in [0.29, 0.717) is 41.6 Å². The van der Waals surface area contributed by atoms with Crippen LogP contribution in [0, 0.1) is 26.2 Å². The number of ether oxygens (including phenoxy) is 2. The first kappa shape index (κ1) is 17.4. The summed E-state index contributed by atoms with van der Waals surface area (Å²) >= 11 is 1.41. The third-order valence-corrected chi connectivity index (χ3v) is 5.45. The largest absolute Gasteiger partial charge is 0.486 e. The lowest BCUT2D eigenvalue weighted by Crippen LogP contribution is -2.17. The van der Waals surface area contributed by atoms with Crippen LogP contribution < -0.4 is 14.3 Å². The molecular formula is C21H18N2O3S. The number of amides is 1. The molecule has 0 radical (unpaired) electrons. The minimum atomic E-state index is -0.276. The molecule has 0 bridgehead atoms. The van der Waals surface area contributed by atoms with Gasteiger partial charge in [0.05, 0.1) is 16.8 Å². The van der Waals surface area contributed by atoms with Crippen molar-refractivity contribution in [2.75, 3.05) is 13.2 Å². The fourth-order valence-electron chi connectivity index (χ4n) is 3.14. The third kappa shape index (κ3) is 3.22. The molecule has 0 spiro atoms. The van der Waals surface area contributed by atoms with E-state index in [4.69, 9.17) is 15.9 Å². The number of nitrogens with zero attached hydrogens (tertiary/aromatic N) is 2. The second-order valence-corrected chi connectivity index (χ2v) is 7.38. The van der Waals surface area contributed by atoms with Gasteiger partial charge in [0.2, 0.25) is 0 Å². The maximum atomic E-state index is 12.8. The van der Waals surface area contributed by atoms with Crippen molar-refractivity contribution in [3.05, 3.63) is 51.8 Å². The van der Waals surface area contributed by atoms with Crippen LogP contribution in [-0.4, -0.2) is 23.7 Å². The van der Waals surface area contributed by atoms with Gasteiger partial charge in [0.25, 0.3) is 5.91 Å². The van der Waals surface area contributed by atoms with Gasteiger partial charge in [-0.15, -0.1) is 6.42 Å². The molecule has 0 unspecified atom stereocenters. The number of carbonyl (C=O) groups is 1. The fraction of sp³-hybridized carbons (Fsp3) is 0.238. The molecular weight excluding hydrogens is 360 g/mol. The van der Waals surface area contributed by atoms with Crippen molar-refractivity contribution in [2.24, 2.45) is 4.99 Å². The zero-order valence-corrected chi connectivity index (χ0v) is 15.9. The Morgan fingerprint density at radius 1 is 1.22 bits per heavy atom. The zero-order valence-electron chi connectivity index (χ0n) is 15.1. The molecule has 1 amide bonds. The summed E-state index contributed by atoms with van der Waals surface area (Å²) in [6.07, 6.45) is 5.55. The van der Waals surface area contributed by atoms with Gasteiger partial charge in [-0.05, 0) is 25.5 Å². The van der Waals surface area contributed by atoms with Gasteiger partial charge in [0, 0.05) is 17.7 Å². The van der Waals surface area contributed by atoms with Crippen LogP contribution in [0.4, 0.5) is 0 Å². The molecule has 4 rings (SSSR count). The van der Waals surface area contributed by atoms with Crippen LogP contribution in [0.1, 0.15) is 21.5 Å². The lowest BCUT2D eigenvalue weighted by atomic mass is 10.1. The van der Waals surface area contributed by atoms with Crippen molar-refractivity contribution < 1.29 is 14.3 Å². The van der Waals surface area contributed by atoms with Crippen molar-refractivity contribution in [1.82, 2.24) is 4.57 Å². The van der Waals surface area contributed by atoms with Gasteiger partial charge in [-0.25, -0.2) is 0 Å². The Bertz CT molecular complexity index is 1160. The van der Waals surface area contributed by atoms with E-state index in [-0.39, 0.29) is 5.91 Å². The number of hydrogen-bond acceptors (Lipinski definition) is 4. The SMILES string of the molecule is C#CCn1c(=NC(=O)c2ccc(C)cc2C)sc2cc3c(cc21)OCCO3. The first-order valence-corrected chi connectivity index (χ1v) is 9.41. The van der Waals surface area contributed by atoms with Gasteiger partial charge in [-0.1, -0.05) is 35.0 Å². The van der Waals surface area contributed by atoms with Gasteiger partial charge >= 0.3 is 0 Å². The van der Waals surface area contributed by atoms with Crippen molar-refractivity contribution >= 4 is 27.5 Å². The molecule has 27 heavy (non-hydrogen) atoms. The van der Waals surface area contributed by atoms with Crippen LogP contribution in [0.15, 0.2) is 35.3 Å². The molecule has 136 valence electrons. The van der Waals surface area contributed by atoms with Crippen LogP contribution >= 0.6 is 11.3 Å². The summed E-state index contributed by atoms with van der Waals surface area (Å²) in [6.45, 7) is 5.27. The molecule has 1 aliphatic rings. The van der Waals surface area contributed by atoms with Gasteiger partial charge in [-0.2, -0.15) is 4.99 Å². The molecule has 0 fully saturated rings. The highest BCUT2D eigenvalue weighted by atomic mass is 32.1. The van der Waals surface area contributed by atoms with Crippen LogP contribution in [0.5, 0.6) is 11.5 Å². The summed E-state index contributed by atoms with van der Waals surface area (Å²) in [5.41, 5.74) is 3.50. The number of rotatable bonds is 2. The van der Waals surface area contributed by atoms with Crippen LogP contribution in [0.25, 0.3) is 10.2 Å². The summed E-state index contributed by atoms with van der Waals surface area (Å²) in [5.74, 6) is 3.75. The van der Waals surface area contributed by atoms with E-state index in [1.165, 1.54) is 11.3 Å². The van der Waals surface area contributed by atoms with Crippen molar-refractivity contribution in [3.63, 3.8) is 0 Å². The van der Waals surface area contributed by atoms with E-state index >= 15 is 0 Å². The van der Waals surface area contributed by atoms with Crippen LogP contribution in [0.2, 0.25) is 0 Å². The summed E-state index contributed by atoms with van der Waals surface area (Å²) in [5, 5.41) is 0. The Balaban J connectivity index is 1.87. The van der Waals surface area contributed by atoms with E-state index in [2.05, 4.69) is 10.9 Å². The van der Waals surface area contributed by atoms with Crippen molar-refractivity contribution in [1.29, 1.82) is 0 Å². The molecule has 6 heteroatoms. The van der Waals surface area contributed by atoms with Gasteiger partial charge in [0.1, 0.15) is 13.2 Å². The minimum absolute atomic E-state index is 0.276. The normalized spacial score (nSPS) is 13.6. The third-order valence-electron chi connectivity index (χ3n) is 4.41. The molecule has 3 aromatic rings. The summed E-state index contributed by atoms with van der Waals surface area (Å²) in [7, 11) is 0. The standard InChI is InChI=1S/C21H18N2O3S/c1-4-7-23-16-11-17-18(26-9-8-25-17)12-19(16)27-21(23)22-20(24)15-6-5-13(2)10-14(15)3/h1,5-6,10-12H,7-9H2,2-3H3. The molecule has 1 aromatic heterocycles. The molecule has 0 aliphatic carbocycles. The monoisotopic (exact) mass is 378 g/mol. The fourth-order valence-corrected chi connectivity index (χ4v) is 4.17. The minimum Gasteiger partial charge on any atom is -0.486 e. The highest BCUT2D eigenvalue weighted by molar-refractivity contribution is 7.16. The quantitative estimate of drug-likeness (QED) is 0.642.